The minimum atomic E-state index is -0.975. The minimum absolute atomic E-state index is 0.189. The van der Waals surface area contributed by atoms with E-state index in [9.17, 15) is 24.5 Å². The standard InChI is InChI=1S/C22H21N3O6S/c1-13-8-18(14(2)24(13)16-6-5-7-17(10-16)32-4)20(26)12-23-11-15(22(28)31-3)9-19(21(23)27)25(29)30/h5-11H,12H2,1-4H3. The summed E-state index contributed by atoms with van der Waals surface area (Å²) in [4.78, 5) is 48.9. The summed E-state index contributed by atoms with van der Waals surface area (Å²) in [5, 5.41) is 11.3. The Hall–Kier alpha value is -3.66. The van der Waals surface area contributed by atoms with Crippen LogP contribution in [0, 0.1) is 24.0 Å². The third kappa shape index (κ3) is 4.35. The number of carbonyl (C=O) groups excluding carboxylic acids is 2. The largest absolute Gasteiger partial charge is 0.465 e. The van der Waals surface area contributed by atoms with Gasteiger partial charge in [0.1, 0.15) is 0 Å². The Morgan fingerprint density at radius 3 is 2.53 bits per heavy atom. The smallest absolute Gasteiger partial charge is 0.339 e. The Morgan fingerprint density at radius 1 is 1.19 bits per heavy atom. The average Bonchev–Trinajstić information content (AvgIpc) is 3.08. The lowest BCUT2D eigenvalue weighted by molar-refractivity contribution is -0.386. The SMILES string of the molecule is COC(=O)c1cc([N+](=O)[O-])c(=O)n(CC(=O)c2cc(C)n(-c3cccc(SC)c3)c2C)c1. The second kappa shape index (κ2) is 9.23. The lowest BCUT2D eigenvalue weighted by Gasteiger charge is -2.11. The van der Waals surface area contributed by atoms with Crippen molar-refractivity contribution in [1.29, 1.82) is 0 Å². The van der Waals surface area contributed by atoms with Crippen molar-refractivity contribution >= 4 is 29.2 Å². The van der Waals surface area contributed by atoms with E-state index in [0.717, 1.165) is 40.2 Å². The van der Waals surface area contributed by atoms with Gasteiger partial charge in [-0.2, -0.15) is 0 Å². The van der Waals surface area contributed by atoms with E-state index in [0.29, 0.717) is 11.3 Å². The first kappa shape index (κ1) is 23.0. The Bertz CT molecular complexity index is 1290. The van der Waals surface area contributed by atoms with Crippen LogP contribution in [0.15, 0.2) is 52.3 Å². The molecule has 0 unspecified atom stereocenters. The molecule has 0 aliphatic heterocycles. The maximum Gasteiger partial charge on any atom is 0.339 e. The zero-order valence-corrected chi connectivity index (χ0v) is 18.8. The third-order valence-electron chi connectivity index (χ3n) is 5.04. The second-order valence-electron chi connectivity index (χ2n) is 7.04. The number of carbonyl (C=O) groups is 2. The van der Waals surface area contributed by atoms with Gasteiger partial charge in [-0.15, -0.1) is 11.8 Å². The number of nitro groups is 1. The second-order valence-corrected chi connectivity index (χ2v) is 7.92. The number of esters is 1. The fourth-order valence-electron chi connectivity index (χ4n) is 3.53. The van der Waals surface area contributed by atoms with Crippen LogP contribution in [0.4, 0.5) is 5.69 Å². The maximum absolute atomic E-state index is 13.1. The van der Waals surface area contributed by atoms with Gasteiger partial charge in [0, 0.05) is 39.8 Å². The molecular formula is C22H21N3O6S. The molecule has 0 radical (unpaired) electrons. The van der Waals surface area contributed by atoms with E-state index in [1.54, 1.807) is 24.8 Å². The Kier molecular flexibility index (Phi) is 6.64. The van der Waals surface area contributed by atoms with Crippen LogP contribution in [0.2, 0.25) is 0 Å². The van der Waals surface area contributed by atoms with Gasteiger partial charge >= 0.3 is 17.2 Å². The minimum Gasteiger partial charge on any atom is -0.465 e. The van der Waals surface area contributed by atoms with E-state index in [-0.39, 0.29) is 5.56 Å². The van der Waals surface area contributed by atoms with Crippen LogP contribution in [0.5, 0.6) is 0 Å². The molecule has 0 spiro atoms. The van der Waals surface area contributed by atoms with Crippen molar-refractivity contribution in [1.82, 2.24) is 9.13 Å². The zero-order chi connectivity index (χ0) is 23.6. The average molecular weight is 455 g/mol. The molecule has 0 N–H and O–H groups in total. The van der Waals surface area contributed by atoms with Crippen molar-refractivity contribution in [2.24, 2.45) is 0 Å². The van der Waals surface area contributed by atoms with Crippen molar-refractivity contribution in [3.8, 4) is 5.69 Å². The first-order chi connectivity index (χ1) is 15.2. The molecule has 0 aliphatic rings. The monoisotopic (exact) mass is 455 g/mol. The number of ketones is 1. The number of Topliss-reactive ketones (excluding diaryl/α,β-unsaturated/α-hetero) is 1. The summed E-state index contributed by atoms with van der Waals surface area (Å²) in [7, 11) is 1.12. The molecule has 32 heavy (non-hydrogen) atoms. The van der Waals surface area contributed by atoms with E-state index < -0.39 is 34.5 Å². The lowest BCUT2D eigenvalue weighted by atomic mass is 10.1. The normalized spacial score (nSPS) is 10.8. The number of thioether (sulfide) groups is 1. The zero-order valence-electron chi connectivity index (χ0n) is 17.9. The van der Waals surface area contributed by atoms with Crippen molar-refractivity contribution in [3.63, 3.8) is 0 Å². The maximum atomic E-state index is 13.1. The van der Waals surface area contributed by atoms with Gasteiger partial charge in [-0.3, -0.25) is 19.7 Å². The number of hydrogen-bond donors (Lipinski definition) is 0. The first-order valence-electron chi connectivity index (χ1n) is 9.51. The third-order valence-corrected chi connectivity index (χ3v) is 5.77. The Morgan fingerprint density at radius 2 is 1.91 bits per heavy atom. The number of hydrogen-bond acceptors (Lipinski definition) is 7. The fourth-order valence-corrected chi connectivity index (χ4v) is 3.98. The van der Waals surface area contributed by atoms with Gasteiger partial charge in [-0.05, 0) is 44.4 Å². The number of aromatic nitrogens is 2. The topological polar surface area (TPSA) is 113 Å². The van der Waals surface area contributed by atoms with Gasteiger partial charge < -0.3 is 13.9 Å². The molecule has 1 aromatic carbocycles. The van der Waals surface area contributed by atoms with E-state index in [4.69, 9.17) is 0 Å². The highest BCUT2D eigenvalue weighted by atomic mass is 32.2. The van der Waals surface area contributed by atoms with Crippen LogP contribution < -0.4 is 5.56 Å². The summed E-state index contributed by atoms with van der Waals surface area (Å²) in [6.07, 6.45) is 3.07. The predicted octanol–water partition coefficient (Wildman–Crippen LogP) is 3.56. The molecule has 0 amide bonds. The molecule has 2 aromatic heterocycles. The fraction of sp³-hybridized carbons (Fsp3) is 0.227. The molecule has 3 rings (SSSR count). The van der Waals surface area contributed by atoms with E-state index in [1.165, 1.54) is 0 Å². The summed E-state index contributed by atoms with van der Waals surface area (Å²) < 4.78 is 7.40. The number of benzene rings is 1. The highest BCUT2D eigenvalue weighted by Crippen LogP contribution is 2.25. The molecule has 3 aromatic rings. The highest BCUT2D eigenvalue weighted by molar-refractivity contribution is 7.98. The number of rotatable bonds is 7. The quantitative estimate of drug-likeness (QED) is 0.176. The van der Waals surface area contributed by atoms with Crippen LogP contribution in [0.1, 0.15) is 32.1 Å². The predicted molar refractivity (Wildman–Crippen MR) is 120 cm³/mol. The van der Waals surface area contributed by atoms with Crippen LogP contribution in [0.3, 0.4) is 0 Å². The van der Waals surface area contributed by atoms with Gasteiger partial charge in [-0.1, -0.05) is 6.07 Å². The van der Waals surface area contributed by atoms with Gasteiger partial charge in [0.2, 0.25) is 0 Å². The van der Waals surface area contributed by atoms with Crippen LogP contribution in [-0.2, 0) is 11.3 Å². The first-order valence-corrected chi connectivity index (χ1v) is 10.7. The summed E-state index contributed by atoms with van der Waals surface area (Å²) in [5.74, 6) is -1.26. The van der Waals surface area contributed by atoms with Gasteiger partial charge in [0.25, 0.3) is 0 Å². The Balaban J connectivity index is 2.03. The number of pyridine rings is 1. The summed E-state index contributed by atoms with van der Waals surface area (Å²) >= 11 is 1.60. The molecule has 0 bridgehead atoms. The molecular weight excluding hydrogens is 434 g/mol. The number of methoxy groups -OCH3 is 1. The number of aryl methyl sites for hydroxylation is 1. The lowest BCUT2D eigenvalue weighted by Crippen LogP contribution is -2.27. The molecule has 0 fully saturated rings. The van der Waals surface area contributed by atoms with Crippen LogP contribution >= 0.6 is 11.8 Å². The van der Waals surface area contributed by atoms with E-state index in [2.05, 4.69) is 4.74 Å². The van der Waals surface area contributed by atoms with Crippen molar-refractivity contribution in [2.75, 3.05) is 13.4 Å². The molecule has 0 saturated carbocycles. The molecule has 10 heteroatoms. The molecule has 2 heterocycles. The van der Waals surface area contributed by atoms with E-state index >= 15 is 0 Å². The van der Waals surface area contributed by atoms with Crippen molar-refractivity contribution in [3.05, 3.63) is 85.6 Å². The number of nitrogens with zero attached hydrogens (tertiary/aromatic N) is 3. The molecule has 0 atom stereocenters. The Labute approximate surface area is 187 Å². The molecule has 0 saturated heterocycles. The molecule has 9 nitrogen and oxygen atoms in total. The van der Waals surface area contributed by atoms with Gasteiger partial charge in [0.05, 0.1) is 24.1 Å². The molecule has 166 valence electrons. The van der Waals surface area contributed by atoms with Gasteiger partial charge in [0.15, 0.2) is 5.78 Å². The van der Waals surface area contributed by atoms with Crippen LogP contribution in [-0.4, -0.2) is 39.2 Å². The van der Waals surface area contributed by atoms with E-state index in [1.807, 2.05) is 42.0 Å². The molecule has 0 aliphatic carbocycles. The van der Waals surface area contributed by atoms with Crippen LogP contribution in [0.25, 0.3) is 5.69 Å². The summed E-state index contributed by atoms with van der Waals surface area (Å²) in [5.41, 5.74) is 0.813. The number of ether oxygens (including phenoxy) is 1. The van der Waals surface area contributed by atoms with Gasteiger partial charge in [-0.25, -0.2) is 4.79 Å². The summed E-state index contributed by atoms with van der Waals surface area (Å²) in [6.45, 7) is 3.20. The highest BCUT2D eigenvalue weighted by Gasteiger charge is 2.23. The van der Waals surface area contributed by atoms with Crippen molar-refractivity contribution in [2.45, 2.75) is 25.3 Å². The van der Waals surface area contributed by atoms with Crippen molar-refractivity contribution < 1.29 is 19.2 Å². The summed E-state index contributed by atoms with van der Waals surface area (Å²) in [6, 6.07) is 10.4.